The van der Waals surface area contributed by atoms with Gasteiger partial charge in [0.05, 0.1) is 11.6 Å². The number of carbonyl (C=O) groups excluding carboxylic acids is 2. The standard InChI is InChI=1S/C17H16FN3O4/c1-9(10-2-5-14-15(6-10)25-8-24-14)20-17(23)21-11-3-4-13(18)12(7-11)16(19)22/h2-7,9H,8H2,1H3,(H2,19,22)(H2,20,21,23). The molecule has 2 aromatic carbocycles. The van der Waals surface area contributed by atoms with Crippen molar-refractivity contribution < 1.29 is 23.5 Å². The molecular weight excluding hydrogens is 329 g/mol. The smallest absolute Gasteiger partial charge is 0.319 e. The van der Waals surface area contributed by atoms with Gasteiger partial charge in [-0.05, 0) is 42.8 Å². The lowest BCUT2D eigenvalue weighted by Crippen LogP contribution is -2.31. The van der Waals surface area contributed by atoms with Crippen LogP contribution in [0, 0.1) is 5.82 Å². The van der Waals surface area contributed by atoms with Gasteiger partial charge in [0.2, 0.25) is 6.79 Å². The van der Waals surface area contributed by atoms with Crippen molar-refractivity contribution in [3.63, 3.8) is 0 Å². The molecule has 25 heavy (non-hydrogen) atoms. The summed E-state index contributed by atoms with van der Waals surface area (Å²) in [6.07, 6.45) is 0. The van der Waals surface area contributed by atoms with Gasteiger partial charge >= 0.3 is 6.03 Å². The van der Waals surface area contributed by atoms with E-state index in [4.69, 9.17) is 15.2 Å². The lowest BCUT2D eigenvalue weighted by Gasteiger charge is -2.16. The molecule has 0 radical (unpaired) electrons. The summed E-state index contributed by atoms with van der Waals surface area (Å²) in [5.41, 5.74) is 5.88. The Labute approximate surface area is 142 Å². The number of nitrogens with two attached hydrogens (primary N) is 1. The number of nitrogens with one attached hydrogen (secondary N) is 2. The van der Waals surface area contributed by atoms with Crippen molar-refractivity contribution in [1.82, 2.24) is 5.32 Å². The zero-order valence-electron chi connectivity index (χ0n) is 13.3. The topological polar surface area (TPSA) is 103 Å². The van der Waals surface area contributed by atoms with Gasteiger partial charge in [0, 0.05) is 5.69 Å². The number of amides is 3. The SMILES string of the molecule is CC(NC(=O)Nc1ccc(F)c(C(N)=O)c1)c1ccc2c(c1)OCO2. The zero-order valence-corrected chi connectivity index (χ0v) is 13.3. The number of primary amides is 1. The number of ether oxygens (including phenoxy) is 2. The molecule has 0 aromatic heterocycles. The third kappa shape index (κ3) is 3.63. The molecule has 8 heteroatoms. The third-order valence-corrected chi connectivity index (χ3v) is 3.73. The number of urea groups is 1. The zero-order chi connectivity index (χ0) is 18.0. The number of halogens is 1. The predicted molar refractivity (Wildman–Crippen MR) is 88.1 cm³/mol. The molecule has 7 nitrogen and oxygen atoms in total. The number of carbonyl (C=O) groups is 2. The molecule has 0 aliphatic carbocycles. The Balaban J connectivity index is 1.66. The second-order valence-electron chi connectivity index (χ2n) is 5.49. The van der Waals surface area contributed by atoms with Gasteiger partial charge in [0.1, 0.15) is 5.82 Å². The van der Waals surface area contributed by atoms with Crippen molar-refractivity contribution in [1.29, 1.82) is 0 Å². The minimum Gasteiger partial charge on any atom is -0.454 e. The molecule has 1 atom stereocenters. The van der Waals surface area contributed by atoms with Crippen LogP contribution in [0.4, 0.5) is 14.9 Å². The molecule has 3 rings (SSSR count). The minimum absolute atomic E-state index is 0.174. The summed E-state index contributed by atoms with van der Waals surface area (Å²) < 4.78 is 24.0. The van der Waals surface area contributed by atoms with Crippen LogP contribution >= 0.6 is 0 Å². The summed E-state index contributed by atoms with van der Waals surface area (Å²) in [6, 6.07) is 8.15. The second-order valence-corrected chi connectivity index (χ2v) is 5.49. The van der Waals surface area contributed by atoms with E-state index in [1.165, 1.54) is 12.1 Å². The first-order valence-corrected chi connectivity index (χ1v) is 7.50. The van der Waals surface area contributed by atoms with E-state index in [9.17, 15) is 14.0 Å². The normalized spacial score (nSPS) is 13.2. The van der Waals surface area contributed by atoms with E-state index in [0.717, 1.165) is 11.6 Å². The molecule has 3 amide bonds. The van der Waals surface area contributed by atoms with Crippen LogP contribution in [-0.4, -0.2) is 18.7 Å². The van der Waals surface area contributed by atoms with E-state index in [1.807, 2.05) is 6.07 Å². The maximum absolute atomic E-state index is 13.4. The largest absolute Gasteiger partial charge is 0.454 e. The van der Waals surface area contributed by atoms with E-state index in [-0.39, 0.29) is 24.1 Å². The molecular formula is C17H16FN3O4. The van der Waals surface area contributed by atoms with Crippen LogP contribution in [0.15, 0.2) is 36.4 Å². The Hall–Kier alpha value is -3.29. The third-order valence-electron chi connectivity index (χ3n) is 3.73. The van der Waals surface area contributed by atoms with Crippen molar-refractivity contribution in [2.45, 2.75) is 13.0 Å². The number of hydrogen-bond donors (Lipinski definition) is 3. The van der Waals surface area contributed by atoms with Crippen molar-refractivity contribution in [3.05, 3.63) is 53.3 Å². The maximum Gasteiger partial charge on any atom is 0.319 e. The molecule has 0 spiro atoms. The molecule has 0 saturated carbocycles. The monoisotopic (exact) mass is 345 g/mol. The van der Waals surface area contributed by atoms with Crippen molar-refractivity contribution in [3.8, 4) is 11.5 Å². The van der Waals surface area contributed by atoms with Gasteiger partial charge in [-0.25, -0.2) is 9.18 Å². The second kappa shape index (κ2) is 6.68. The van der Waals surface area contributed by atoms with E-state index >= 15 is 0 Å². The predicted octanol–water partition coefficient (Wildman–Crippen LogP) is 2.54. The lowest BCUT2D eigenvalue weighted by atomic mass is 10.1. The van der Waals surface area contributed by atoms with Crippen LogP contribution in [-0.2, 0) is 0 Å². The highest BCUT2D eigenvalue weighted by atomic mass is 19.1. The molecule has 0 bridgehead atoms. The first-order valence-electron chi connectivity index (χ1n) is 7.50. The molecule has 1 aliphatic heterocycles. The molecule has 1 aliphatic rings. The molecule has 0 saturated heterocycles. The number of rotatable bonds is 4. The summed E-state index contributed by atoms with van der Waals surface area (Å²) in [6.45, 7) is 1.98. The van der Waals surface area contributed by atoms with E-state index in [0.29, 0.717) is 11.5 Å². The van der Waals surface area contributed by atoms with Gasteiger partial charge < -0.3 is 25.8 Å². The van der Waals surface area contributed by atoms with Crippen molar-refractivity contribution >= 4 is 17.6 Å². The first kappa shape index (κ1) is 16.6. The van der Waals surface area contributed by atoms with Gasteiger partial charge in [-0.3, -0.25) is 4.79 Å². The summed E-state index contributed by atoms with van der Waals surface area (Å²) in [7, 11) is 0. The molecule has 0 fully saturated rings. The first-order chi connectivity index (χ1) is 11.9. The van der Waals surface area contributed by atoms with Crippen LogP contribution in [0.5, 0.6) is 11.5 Å². The number of fused-ring (bicyclic) bond motifs is 1. The Kier molecular flexibility index (Phi) is 4.42. The molecule has 1 heterocycles. The van der Waals surface area contributed by atoms with E-state index in [1.54, 1.807) is 19.1 Å². The molecule has 4 N–H and O–H groups in total. The van der Waals surface area contributed by atoms with Crippen LogP contribution in [0.25, 0.3) is 0 Å². The number of benzene rings is 2. The maximum atomic E-state index is 13.4. The molecule has 1 unspecified atom stereocenters. The summed E-state index contributed by atoms with van der Waals surface area (Å²) >= 11 is 0. The van der Waals surface area contributed by atoms with E-state index in [2.05, 4.69) is 10.6 Å². The Morgan fingerprint density at radius 1 is 1.16 bits per heavy atom. The number of hydrogen-bond acceptors (Lipinski definition) is 4. The lowest BCUT2D eigenvalue weighted by molar-refractivity contribution is 0.0996. The van der Waals surface area contributed by atoms with Crippen LogP contribution in [0.3, 0.4) is 0 Å². The number of anilines is 1. The van der Waals surface area contributed by atoms with Crippen LogP contribution in [0.2, 0.25) is 0 Å². The van der Waals surface area contributed by atoms with E-state index < -0.39 is 17.8 Å². The summed E-state index contributed by atoms with van der Waals surface area (Å²) in [5, 5.41) is 5.28. The fourth-order valence-electron chi connectivity index (χ4n) is 2.42. The summed E-state index contributed by atoms with van der Waals surface area (Å²) in [4.78, 5) is 23.3. The highest BCUT2D eigenvalue weighted by Crippen LogP contribution is 2.34. The quantitative estimate of drug-likeness (QED) is 0.792. The Bertz CT molecular complexity index is 841. The van der Waals surface area contributed by atoms with Gasteiger partial charge in [-0.2, -0.15) is 0 Å². The average Bonchev–Trinajstić information content (AvgIpc) is 3.03. The van der Waals surface area contributed by atoms with Gasteiger partial charge in [-0.15, -0.1) is 0 Å². The van der Waals surface area contributed by atoms with Crippen LogP contribution < -0.4 is 25.8 Å². The van der Waals surface area contributed by atoms with Gasteiger partial charge in [0.15, 0.2) is 11.5 Å². The molecule has 130 valence electrons. The van der Waals surface area contributed by atoms with Gasteiger partial charge in [0.25, 0.3) is 5.91 Å². The summed E-state index contributed by atoms with van der Waals surface area (Å²) in [5.74, 6) is -0.371. The van der Waals surface area contributed by atoms with Crippen molar-refractivity contribution in [2.75, 3.05) is 12.1 Å². The fraction of sp³-hybridized carbons (Fsp3) is 0.176. The average molecular weight is 345 g/mol. The van der Waals surface area contributed by atoms with Gasteiger partial charge in [-0.1, -0.05) is 6.07 Å². The van der Waals surface area contributed by atoms with Crippen molar-refractivity contribution in [2.24, 2.45) is 5.73 Å². The Morgan fingerprint density at radius 3 is 2.68 bits per heavy atom. The highest BCUT2D eigenvalue weighted by Gasteiger charge is 2.17. The fourth-order valence-corrected chi connectivity index (χ4v) is 2.42. The minimum atomic E-state index is -0.907. The Morgan fingerprint density at radius 2 is 1.92 bits per heavy atom. The van der Waals surface area contributed by atoms with Crippen LogP contribution in [0.1, 0.15) is 28.9 Å². The molecule has 2 aromatic rings. The highest BCUT2D eigenvalue weighted by molar-refractivity contribution is 5.96.